The number of H-pyrrole nitrogens is 1. The molecule has 13 heavy (non-hydrogen) atoms. The Hall–Kier alpha value is -1.38. The van der Waals surface area contributed by atoms with Gasteiger partial charge in [-0.25, -0.2) is 9.97 Å². The number of imidazole rings is 1. The first-order chi connectivity index (χ1) is 6.47. The summed E-state index contributed by atoms with van der Waals surface area (Å²) in [5, 5.41) is 0. The number of hydrogen-bond donors (Lipinski definition) is 1. The fourth-order valence-electron chi connectivity index (χ4n) is 0.775. The number of nitrogens with zero attached hydrogens (tertiary/aromatic N) is 2. The Morgan fingerprint density at radius 1 is 1.08 bits per heavy atom. The zero-order valence-electron chi connectivity index (χ0n) is 8.70. The summed E-state index contributed by atoms with van der Waals surface area (Å²) in [6.07, 6.45) is 3.36. The number of pyridine rings is 1. The molecular weight excluding hydrogens is 162 g/mol. The quantitative estimate of drug-likeness (QED) is 0.675. The molecule has 0 aromatic carbocycles. The van der Waals surface area contributed by atoms with Gasteiger partial charge in [-0.3, -0.25) is 0 Å². The number of aromatic nitrogens is 3. The van der Waals surface area contributed by atoms with Crippen LogP contribution in [0.2, 0.25) is 0 Å². The summed E-state index contributed by atoms with van der Waals surface area (Å²) in [6.45, 7) is 8.00. The van der Waals surface area contributed by atoms with Crippen LogP contribution >= 0.6 is 0 Å². The van der Waals surface area contributed by atoms with E-state index in [9.17, 15) is 0 Å². The predicted molar refractivity (Wildman–Crippen MR) is 56.6 cm³/mol. The third kappa shape index (κ3) is 3.23. The molecule has 0 unspecified atom stereocenters. The standard InChI is InChI=1S/C6H5N3.2C2H6/c1-2-5-6(7-3-1)9-4-8-5;2*1-2/h1-4H,(H,7,8,9);2*1-2H3. The van der Waals surface area contributed by atoms with Crippen molar-refractivity contribution in [2.75, 3.05) is 0 Å². The van der Waals surface area contributed by atoms with Gasteiger partial charge in [0.25, 0.3) is 0 Å². The van der Waals surface area contributed by atoms with Crippen LogP contribution in [-0.2, 0) is 0 Å². The van der Waals surface area contributed by atoms with Crippen molar-refractivity contribution in [1.29, 1.82) is 0 Å². The molecule has 0 saturated heterocycles. The van der Waals surface area contributed by atoms with Crippen molar-refractivity contribution in [3.8, 4) is 0 Å². The van der Waals surface area contributed by atoms with Crippen LogP contribution in [-0.4, -0.2) is 15.0 Å². The zero-order valence-corrected chi connectivity index (χ0v) is 8.70. The lowest BCUT2D eigenvalue weighted by molar-refractivity contribution is 1.30. The molecule has 0 aliphatic rings. The minimum atomic E-state index is 0.775. The molecular formula is C10H17N3. The molecule has 0 amide bonds. The van der Waals surface area contributed by atoms with E-state index in [1.807, 2.05) is 39.8 Å². The average Bonchev–Trinajstić information content (AvgIpc) is 2.71. The maximum absolute atomic E-state index is 4.00. The van der Waals surface area contributed by atoms with Crippen LogP contribution in [0.1, 0.15) is 27.7 Å². The summed E-state index contributed by atoms with van der Waals surface area (Å²) in [5.74, 6) is 0. The number of fused-ring (bicyclic) bond motifs is 1. The maximum Gasteiger partial charge on any atom is 0.177 e. The van der Waals surface area contributed by atoms with Gasteiger partial charge in [0.05, 0.1) is 11.8 Å². The molecule has 0 bridgehead atoms. The molecule has 2 heterocycles. The fourth-order valence-corrected chi connectivity index (χ4v) is 0.775. The summed E-state index contributed by atoms with van der Waals surface area (Å²) < 4.78 is 0. The Labute approximate surface area is 79.2 Å². The van der Waals surface area contributed by atoms with Crippen molar-refractivity contribution in [2.45, 2.75) is 27.7 Å². The van der Waals surface area contributed by atoms with Crippen LogP contribution in [0.3, 0.4) is 0 Å². The molecule has 3 heteroatoms. The highest BCUT2D eigenvalue weighted by molar-refractivity contribution is 5.68. The minimum absolute atomic E-state index is 0.775. The second-order valence-corrected chi connectivity index (χ2v) is 1.78. The lowest BCUT2D eigenvalue weighted by Crippen LogP contribution is -1.71. The van der Waals surface area contributed by atoms with Crippen LogP contribution in [0.4, 0.5) is 0 Å². The number of rotatable bonds is 0. The van der Waals surface area contributed by atoms with Gasteiger partial charge in [-0.1, -0.05) is 27.7 Å². The molecule has 1 N–H and O–H groups in total. The molecule has 0 aliphatic heterocycles. The van der Waals surface area contributed by atoms with Gasteiger partial charge < -0.3 is 4.98 Å². The number of hydrogen-bond acceptors (Lipinski definition) is 2. The smallest absolute Gasteiger partial charge is 0.177 e. The second-order valence-electron chi connectivity index (χ2n) is 1.78. The SMILES string of the molecule is CC.CC.c1cnc2nc[nH]c2c1. The van der Waals surface area contributed by atoms with Crippen LogP contribution in [0, 0.1) is 0 Å². The third-order valence-corrected chi connectivity index (χ3v) is 1.19. The van der Waals surface area contributed by atoms with Crippen molar-refractivity contribution in [3.63, 3.8) is 0 Å². The molecule has 0 radical (unpaired) electrons. The summed E-state index contributed by atoms with van der Waals surface area (Å²) in [7, 11) is 0. The highest BCUT2D eigenvalue weighted by atomic mass is 14.9. The third-order valence-electron chi connectivity index (χ3n) is 1.19. The molecule has 72 valence electrons. The first kappa shape index (κ1) is 11.6. The lowest BCUT2D eigenvalue weighted by Gasteiger charge is -1.80. The normalized spacial score (nSPS) is 8.00. The van der Waals surface area contributed by atoms with Crippen LogP contribution in [0.5, 0.6) is 0 Å². The van der Waals surface area contributed by atoms with Crippen LogP contribution in [0.25, 0.3) is 11.2 Å². The molecule has 0 spiro atoms. The summed E-state index contributed by atoms with van der Waals surface area (Å²) in [5.41, 5.74) is 1.76. The van der Waals surface area contributed by atoms with Crippen molar-refractivity contribution in [2.24, 2.45) is 0 Å². The summed E-state index contributed by atoms with van der Waals surface area (Å²) >= 11 is 0. The number of nitrogens with one attached hydrogen (secondary N) is 1. The van der Waals surface area contributed by atoms with Gasteiger partial charge in [0.15, 0.2) is 5.65 Å². The van der Waals surface area contributed by atoms with Gasteiger partial charge >= 0.3 is 0 Å². The average molecular weight is 179 g/mol. The molecule has 2 aromatic rings. The van der Waals surface area contributed by atoms with Gasteiger partial charge in [-0.05, 0) is 12.1 Å². The van der Waals surface area contributed by atoms with E-state index in [-0.39, 0.29) is 0 Å². The molecule has 0 fully saturated rings. The summed E-state index contributed by atoms with van der Waals surface area (Å²) in [4.78, 5) is 10.9. The van der Waals surface area contributed by atoms with E-state index in [2.05, 4.69) is 15.0 Å². The maximum atomic E-state index is 4.00. The number of aromatic amines is 1. The van der Waals surface area contributed by atoms with E-state index >= 15 is 0 Å². The topological polar surface area (TPSA) is 41.6 Å². The Kier molecular flexibility index (Phi) is 6.51. The molecule has 0 aliphatic carbocycles. The highest BCUT2D eigenvalue weighted by Gasteiger charge is 1.90. The van der Waals surface area contributed by atoms with E-state index < -0.39 is 0 Å². The van der Waals surface area contributed by atoms with Crippen LogP contribution in [0.15, 0.2) is 24.7 Å². The first-order valence-corrected chi connectivity index (χ1v) is 4.71. The molecule has 2 aromatic heterocycles. The van der Waals surface area contributed by atoms with E-state index in [4.69, 9.17) is 0 Å². The van der Waals surface area contributed by atoms with E-state index in [0.29, 0.717) is 0 Å². The van der Waals surface area contributed by atoms with E-state index in [1.54, 1.807) is 12.5 Å². The Bertz CT molecular complexity index is 284. The van der Waals surface area contributed by atoms with E-state index in [1.165, 1.54) is 0 Å². The fraction of sp³-hybridized carbons (Fsp3) is 0.400. The Morgan fingerprint density at radius 3 is 2.38 bits per heavy atom. The summed E-state index contributed by atoms with van der Waals surface area (Å²) in [6, 6.07) is 3.82. The zero-order chi connectivity index (χ0) is 10.1. The van der Waals surface area contributed by atoms with Gasteiger partial charge in [0.2, 0.25) is 0 Å². The first-order valence-electron chi connectivity index (χ1n) is 4.71. The largest absolute Gasteiger partial charge is 0.343 e. The lowest BCUT2D eigenvalue weighted by atomic mass is 10.4. The van der Waals surface area contributed by atoms with Crippen molar-refractivity contribution in [3.05, 3.63) is 24.7 Å². The monoisotopic (exact) mass is 179 g/mol. The molecule has 0 atom stereocenters. The van der Waals surface area contributed by atoms with Gasteiger partial charge in [-0.15, -0.1) is 0 Å². The predicted octanol–water partition coefficient (Wildman–Crippen LogP) is 3.01. The van der Waals surface area contributed by atoms with E-state index in [0.717, 1.165) is 11.2 Å². The van der Waals surface area contributed by atoms with Crippen molar-refractivity contribution >= 4 is 11.2 Å². The molecule has 3 nitrogen and oxygen atoms in total. The van der Waals surface area contributed by atoms with Gasteiger partial charge in [0, 0.05) is 6.20 Å². The Balaban J connectivity index is 0.000000322. The minimum Gasteiger partial charge on any atom is -0.343 e. The van der Waals surface area contributed by atoms with Crippen LogP contribution < -0.4 is 0 Å². The highest BCUT2D eigenvalue weighted by Crippen LogP contribution is 2.01. The van der Waals surface area contributed by atoms with Gasteiger partial charge in [-0.2, -0.15) is 0 Å². The second kappa shape index (κ2) is 7.28. The molecule has 2 rings (SSSR count). The Morgan fingerprint density at radius 2 is 1.77 bits per heavy atom. The van der Waals surface area contributed by atoms with Crippen molar-refractivity contribution < 1.29 is 0 Å². The van der Waals surface area contributed by atoms with Crippen molar-refractivity contribution in [1.82, 2.24) is 15.0 Å². The van der Waals surface area contributed by atoms with Gasteiger partial charge in [0.1, 0.15) is 0 Å². The molecule has 0 saturated carbocycles.